The maximum absolute atomic E-state index is 8.43. The van der Waals surface area contributed by atoms with Gasteiger partial charge in [0.25, 0.3) is 0 Å². The van der Waals surface area contributed by atoms with E-state index in [1.165, 1.54) is 6.20 Å². The molecule has 2 rings (SSSR count). The van der Waals surface area contributed by atoms with Crippen molar-refractivity contribution in [2.45, 2.75) is 0 Å². The van der Waals surface area contributed by atoms with Crippen molar-refractivity contribution in [2.75, 3.05) is 0 Å². The molecule has 2 N–H and O–H groups in total. The van der Waals surface area contributed by atoms with E-state index in [-0.39, 0.29) is 0 Å². The molecule has 0 fully saturated rings. The zero-order chi connectivity index (χ0) is 11.2. The van der Waals surface area contributed by atoms with Crippen LogP contribution in [0.3, 0.4) is 0 Å². The highest BCUT2D eigenvalue weighted by atomic mass is 16.5. The van der Waals surface area contributed by atoms with Crippen LogP contribution in [0.25, 0.3) is 11.3 Å². The van der Waals surface area contributed by atoms with Crippen LogP contribution in [-0.4, -0.2) is 26.5 Å². The number of hydrogen-bond donors (Lipinski definition) is 2. The van der Waals surface area contributed by atoms with Gasteiger partial charge in [-0.2, -0.15) is 0 Å². The number of pyridine rings is 1. The maximum atomic E-state index is 8.43. The van der Waals surface area contributed by atoms with Crippen LogP contribution in [0.15, 0.2) is 41.9 Å². The molecule has 16 heavy (non-hydrogen) atoms. The molecule has 0 unspecified atom stereocenters. The van der Waals surface area contributed by atoms with Crippen molar-refractivity contribution in [1.82, 2.24) is 20.4 Å². The van der Waals surface area contributed by atoms with E-state index in [4.69, 9.17) is 5.21 Å². The molecule has 6 heteroatoms. The second kappa shape index (κ2) is 4.94. The number of aromatic nitrogens is 3. The van der Waals surface area contributed by atoms with Crippen LogP contribution < -0.4 is 5.48 Å². The van der Waals surface area contributed by atoms with Gasteiger partial charge in [-0.15, -0.1) is 0 Å². The summed E-state index contributed by atoms with van der Waals surface area (Å²) in [6, 6.07) is 3.63. The fourth-order valence-corrected chi connectivity index (χ4v) is 1.23. The first-order valence-corrected chi connectivity index (χ1v) is 4.55. The Bertz CT molecular complexity index is 486. The summed E-state index contributed by atoms with van der Waals surface area (Å²) in [4.78, 5) is 16.1. The highest BCUT2D eigenvalue weighted by Gasteiger charge is 2.05. The second-order valence-corrected chi connectivity index (χ2v) is 2.85. The van der Waals surface area contributed by atoms with E-state index in [0.717, 1.165) is 11.9 Å². The molecule has 2 heterocycles. The molecule has 0 aliphatic heterocycles. The molecule has 2 aromatic rings. The van der Waals surface area contributed by atoms with Gasteiger partial charge in [0.2, 0.25) is 0 Å². The van der Waals surface area contributed by atoms with Crippen LogP contribution in [0, 0.1) is 0 Å². The molecule has 0 aliphatic carbocycles. The average molecular weight is 215 g/mol. The van der Waals surface area contributed by atoms with Crippen molar-refractivity contribution in [1.29, 1.82) is 0 Å². The van der Waals surface area contributed by atoms with Gasteiger partial charge in [0.05, 0.1) is 0 Å². The minimum atomic E-state index is 0.426. The Balaban J connectivity index is 2.45. The van der Waals surface area contributed by atoms with Gasteiger partial charge in [0, 0.05) is 30.4 Å². The second-order valence-electron chi connectivity index (χ2n) is 2.85. The van der Waals surface area contributed by atoms with E-state index in [0.29, 0.717) is 11.5 Å². The largest absolute Gasteiger partial charge is 0.290 e. The lowest BCUT2D eigenvalue weighted by Crippen LogP contribution is -2.01. The summed E-state index contributed by atoms with van der Waals surface area (Å²) in [7, 11) is 0. The number of nitrogens with zero attached hydrogens (tertiary/aromatic N) is 4. The van der Waals surface area contributed by atoms with Crippen LogP contribution in [0.4, 0.5) is 5.82 Å². The third-order valence-corrected chi connectivity index (χ3v) is 1.88. The molecule has 0 radical (unpaired) electrons. The van der Waals surface area contributed by atoms with Crippen molar-refractivity contribution in [3.8, 4) is 11.3 Å². The number of aliphatic imine (C=N–C) groups is 1. The summed E-state index contributed by atoms with van der Waals surface area (Å²) in [5.41, 5.74) is 3.33. The van der Waals surface area contributed by atoms with E-state index in [1.54, 1.807) is 18.6 Å². The van der Waals surface area contributed by atoms with E-state index in [9.17, 15) is 0 Å². The van der Waals surface area contributed by atoms with Crippen molar-refractivity contribution in [3.05, 3.63) is 36.9 Å². The van der Waals surface area contributed by atoms with Crippen LogP contribution in [0.2, 0.25) is 0 Å². The molecule has 6 nitrogen and oxygen atoms in total. The Hall–Kier alpha value is -2.34. The minimum absolute atomic E-state index is 0.426. The Morgan fingerprint density at radius 2 is 1.88 bits per heavy atom. The predicted octanol–water partition coefficient (Wildman–Crippen LogP) is 1.18. The van der Waals surface area contributed by atoms with E-state index in [2.05, 4.69) is 19.9 Å². The fraction of sp³-hybridized carbons (Fsp3) is 0. The summed E-state index contributed by atoms with van der Waals surface area (Å²) in [6.45, 7) is 0. The molecular weight excluding hydrogens is 206 g/mol. The number of hydroxylamine groups is 1. The zero-order valence-corrected chi connectivity index (χ0v) is 8.28. The molecular formula is C10H9N5O. The molecule has 0 aromatic carbocycles. The molecule has 2 aromatic heterocycles. The summed E-state index contributed by atoms with van der Waals surface area (Å²) < 4.78 is 0. The van der Waals surface area contributed by atoms with Crippen molar-refractivity contribution < 1.29 is 5.21 Å². The van der Waals surface area contributed by atoms with Crippen molar-refractivity contribution in [2.24, 2.45) is 4.99 Å². The summed E-state index contributed by atoms with van der Waals surface area (Å²) in [6.07, 6.45) is 7.59. The topological polar surface area (TPSA) is 83.3 Å². The molecule has 0 aliphatic rings. The van der Waals surface area contributed by atoms with Gasteiger partial charge < -0.3 is 0 Å². The number of rotatable bonds is 3. The minimum Gasteiger partial charge on any atom is -0.290 e. The Morgan fingerprint density at radius 3 is 2.62 bits per heavy atom. The highest BCUT2D eigenvalue weighted by molar-refractivity contribution is 5.72. The standard InChI is InChI=1S/C10H9N5O/c16-15-7-14-10-9(12-5-6-13-10)8-1-3-11-4-2-8/h1-7,16H,(H,13,14,15). The first-order valence-electron chi connectivity index (χ1n) is 4.55. The van der Waals surface area contributed by atoms with Crippen LogP contribution >= 0.6 is 0 Å². The van der Waals surface area contributed by atoms with Crippen LogP contribution in [0.1, 0.15) is 0 Å². The third-order valence-electron chi connectivity index (χ3n) is 1.88. The van der Waals surface area contributed by atoms with E-state index in [1.807, 2.05) is 17.6 Å². The van der Waals surface area contributed by atoms with Gasteiger partial charge >= 0.3 is 0 Å². The van der Waals surface area contributed by atoms with Gasteiger partial charge in [-0.05, 0) is 12.1 Å². The first kappa shape index (κ1) is 10.2. The monoisotopic (exact) mass is 215 g/mol. The third kappa shape index (κ3) is 2.18. The van der Waals surface area contributed by atoms with Crippen LogP contribution in [0.5, 0.6) is 0 Å². The SMILES string of the molecule is ONC=Nc1nccnc1-c1ccncc1. The smallest absolute Gasteiger partial charge is 0.180 e. The Labute approximate surface area is 91.7 Å². The van der Waals surface area contributed by atoms with E-state index >= 15 is 0 Å². The molecule has 0 saturated carbocycles. The molecule has 0 spiro atoms. The fourth-order valence-electron chi connectivity index (χ4n) is 1.23. The van der Waals surface area contributed by atoms with Gasteiger partial charge in [-0.25, -0.2) is 9.98 Å². The quantitative estimate of drug-likeness (QED) is 0.456. The summed E-state index contributed by atoms with van der Waals surface area (Å²) in [5.74, 6) is 0.426. The van der Waals surface area contributed by atoms with Gasteiger partial charge in [0.1, 0.15) is 12.0 Å². The lowest BCUT2D eigenvalue weighted by Gasteiger charge is -2.02. The Morgan fingerprint density at radius 1 is 1.12 bits per heavy atom. The summed E-state index contributed by atoms with van der Waals surface area (Å²) in [5, 5.41) is 8.43. The van der Waals surface area contributed by atoms with Gasteiger partial charge in [-0.1, -0.05) is 0 Å². The molecule has 0 amide bonds. The average Bonchev–Trinajstić information content (AvgIpc) is 2.38. The van der Waals surface area contributed by atoms with Gasteiger partial charge in [0.15, 0.2) is 5.82 Å². The highest BCUT2D eigenvalue weighted by Crippen LogP contribution is 2.24. The molecule has 80 valence electrons. The lowest BCUT2D eigenvalue weighted by molar-refractivity contribution is 0.240. The maximum Gasteiger partial charge on any atom is 0.180 e. The lowest BCUT2D eigenvalue weighted by atomic mass is 10.2. The summed E-state index contributed by atoms with van der Waals surface area (Å²) >= 11 is 0. The van der Waals surface area contributed by atoms with Crippen molar-refractivity contribution in [3.63, 3.8) is 0 Å². The molecule has 0 atom stereocenters. The number of hydrogen-bond acceptors (Lipinski definition) is 5. The van der Waals surface area contributed by atoms with Crippen molar-refractivity contribution >= 4 is 12.2 Å². The normalized spacial score (nSPS) is 10.6. The molecule has 0 saturated heterocycles. The van der Waals surface area contributed by atoms with E-state index < -0.39 is 0 Å². The predicted molar refractivity (Wildman–Crippen MR) is 58.3 cm³/mol. The molecule has 0 bridgehead atoms. The van der Waals surface area contributed by atoms with Gasteiger partial charge in [-0.3, -0.25) is 20.7 Å². The first-order chi connectivity index (χ1) is 7.92. The van der Waals surface area contributed by atoms with Crippen LogP contribution in [-0.2, 0) is 0 Å². The zero-order valence-electron chi connectivity index (χ0n) is 8.28. The number of nitrogens with one attached hydrogen (secondary N) is 1. The Kier molecular flexibility index (Phi) is 3.15.